The highest BCUT2D eigenvalue weighted by molar-refractivity contribution is 9.10. The fourth-order valence-electron chi connectivity index (χ4n) is 1.77. The summed E-state index contributed by atoms with van der Waals surface area (Å²) in [5, 5.41) is 2.83. The second-order valence-corrected chi connectivity index (χ2v) is 6.16. The van der Waals surface area contributed by atoms with E-state index in [9.17, 15) is 4.79 Å². The number of anilines is 1. The molecule has 0 fully saturated rings. The number of carbonyl (C=O) groups is 1. The summed E-state index contributed by atoms with van der Waals surface area (Å²) in [4.78, 5) is 18.4. The van der Waals surface area contributed by atoms with Crippen molar-refractivity contribution < 1.29 is 4.79 Å². The zero-order valence-corrected chi connectivity index (χ0v) is 12.5. The van der Waals surface area contributed by atoms with Crippen LogP contribution >= 0.6 is 27.3 Å². The lowest BCUT2D eigenvalue weighted by molar-refractivity contribution is 0.102. The lowest BCUT2D eigenvalue weighted by Crippen LogP contribution is -2.12. The number of aryl methyl sites for hydroxylation is 1. The molecule has 1 N–H and O–H groups in total. The molecule has 0 radical (unpaired) electrons. The van der Waals surface area contributed by atoms with Gasteiger partial charge in [0, 0.05) is 21.7 Å². The molecule has 19 heavy (non-hydrogen) atoms. The van der Waals surface area contributed by atoms with Gasteiger partial charge in [0.2, 0.25) is 0 Å². The molecule has 0 aliphatic rings. The van der Waals surface area contributed by atoms with Gasteiger partial charge >= 0.3 is 0 Å². The molecular weight excluding hydrogens is 326 g/mol. The lowest BCUT2D eigenvalue weighted by Gasteiger charge is -2.04. The third-order valence-electron chi connectivity index (χ3n) is 2.63. The molecular formula is C13H10BrN3OS. The number of hydrogen-bond donors (Lipinski definition) is 1. The Morgan fingerprint density at radius 2 is 2.16 bits per heavy atom. The molecule has 0 bridgehead atoms. The van der Waals surface area contributed by atoms with Crippen molar-refractivity contribution in [3.63, 3.8) is 0 Å². The minimum absolute atomic E-state index is 0.208. The highest BCUT2D eigenvalue weighted by Gasteiger charge is 2.13. The first-order valence-electron chi connectivity index (χ1n) is 5.64. The maximum absolute atomic E-state index is 12.1. The predicted octanol–water partition coefficient (Wildman–Crippen LogP) is 3.72. The lowest BCUT2D eigenvalue weighted by atomic mass is 10.3. The normalized spacial score (nSPS) is 10.8. The van der Waals surface area contributed by atoms with Crippen LogP contribution in [0.25, 0.3) is 4.96 Å². The molecule has 2 aromatic heterocycles. The Hall–Kier alpha value is -1.66. The molecule has 0 saturated heterocycles. The molecule has 0 saturated carbocycles. The zero-order valence-electron chi connectivity index (χ0n) is 10.1. The van der Waals surface area contributed by atoms with E-state index in [1.54, 1.807) is 17.5 Å². The Balaban J connectivity index is 1.87. The summed E-state index contributed by atoms with van der Waals surface area (Å²) in [5.74, 6) is -0.208. The molecule has 4 nitrogen and oxygen atoms in total. The van der Waals surface area contributed by atoms with Crippen LogP contribution in [0.4, 0.5) is 5.69 Å². The second kappa shape index (κ2) is 4.79. The van der Waals surface area contributed by atoms with Crippen molar-refractivity contribution in [2.45, 2.75) is 6.92 Å². The first-order valence-corrected chi connectivity index (χ1v) is 7.25. The largest absolute Gasteiger partial charge is 0.320 e. The molecule has 1 amide bonds. The number of fused-ring (bicyclic) bond motifs is 1. The Bertz CT molecular complexity index is 731. The molecule has 96 valence electrons. The number of amides is 1. The van der Waals surface area contributed by atoms with E-state index in [0.717, 1.165) is 15.1 Å². The van der Waals surface area contributed by atoms with Crippen molar-refractivity contribution in [1.82, 2.24) is 9.38 Å². The van der Waals surface area contributed by atoms with Gasteiger partial charge in [0.15, 0.2) is 4.96 Å². The molecule has 1 aromatic carbocycles. The molecule has 0 atom stereocenters. The minimum Gasteiger partial charge on any atom is -0.320 e. The molecule has 6 heteroatoms. The van der Waals surface area contributed by atoms with E-state index in [-0.39, 0.29) is 5.91 Å². The van der Waals surface area contributed by atoms with E-state index in [1.165, 1.54) is 4.88 Å². The summed E-state index contributed by atoms with van der Waals surface area (Å²) < 4.78 is 2.72. The molecule has 0 aliphatic heterocycles. The van der Waals surface area contributed by atoms with Crippen LogP contribution in [0.15, 0.2) is 41.1 Å². The van der Waals surface area contributed by atoms with Gasteiger partial charge in [-0.3, -0.25) is 9.20 Å². The van der Waals surface area contributed by atoms with Crippen LogP contribution in [0, 0.1) is 6.92 Å². The predicted molar refractivity (Wildman–Crippen MR) is 79.9 cm³/mol. The monoisotopic (exact) mass is 335 g/mol. The second-order valence-electron chi connectivity index (χ2n) is 4.09. The first kappa shape index (κ1) is 12.4. The van der Waals surface area contributed by atoms with E-state index < -0.39 is 0 Å². The summed E-state index contributed by atoms with van der Waals surface area (Å²) in [6, 6.07) is 7.49. The van der Waals surface area contributed by atoms with Gasteiger partial charge in [-0.1, -0.05) is 12.1 Å². The third kappa shape index (κ3) is 2.41. The molecule has 0 spiro atoms. The summed E-state index contributed by atoms with van der Waals surface area (Å²) >= 11 is 4.96. The highest BCUT2D eigenvalue weighted by atomic mass is 79.9. The van der Waals surface area contributed by atoms with Crippen molar-refractivity contribution in [3.05, 3.63) is 51.7 Å². The van der Waals surface area contributed by atoms with Crippen LogP contribution < -0.4 is 5.32 Å². The van der Waals surface area contributed by atoms with Gasteiger partial charge < -0.3 is 5.32 Å². The molecule has 3 aromatic rings. The SMILES string of the molecule is Cc1cn2cc(C(=O)Nc3ccccc3Br)nc2s1. The maximum atomic E-state index is 12.1. The fraction of sp³-hybridized carbons (Fsp3) is 0.0769. The number of rotatable bonds is 2. The van der Waals surface area contributed by atoms with Crippen LogP contribution in [0.2, 0.25) is 0 Å². The number of benzene rings is 1. The van der Waals surface area contributed by atoms with Crippen LogP contribution in [0.3, 0.4) is 0 Å². The number of thiazole rings is 1. The van der Waals surface area contributed by atoms with Crippen molar-refractivity contribution in [2.75, 3.05) is 5.32 Å². The van der Waals surface area contributed by atoms with Crippen LogP contribution in [-0.2, 0) is 0 Å². The Kier molecular flexibility index (Phi) is 3.12. The van der Waals surface area contributed by atoms with Gasteiger partial charge in [-0.2, -0.15) is 0 Å². The van der Waals surface area contributed by atoms with Crippen molar-refractivity contribution in [2.24, 2.45) is 0 Å². The van der Waals surface area contributed by atoms with Gasteiger partial charge in [-0.25, -0.2) is 4.98 Å². The molecule has 3 rings (SSSR count). The number of imidazole rings is 1. The van der Waals surface area contributed by atoms with E-state index in [2.05, 4.69) is 26.2 Å². The number of halogens is 1. The minimum atomic E-state index is -0.208. The number of aromatic nitrogens is 2. The van der Waals surface area contributed by atoms with E-state index in [4.69, 9.17) is 0 Å². The summed E-state index contributed by atoms with van der Waals surface area (Å²) in [6.45, 7) is 2.01. The van der Waals surface area contributed by atoms with Crippen LogP contribution in [-0.4, -0.2) is 15.3 Å². The third-order valence-corrected chi connectivity index (χ3v) is 4.23. The maximum Gasteiger partial charge on any atom is 0.275 e. The summed E-state index contributed by atoms with van der Waals surface area (Å²) in [5.41, 5.74) is 1.15. The average Bonchev–Trinajstić information content (AvgIpc) is 2.89. The van der Waals surface area contributed by atoms with Gasteiger partial charge in [-0.15, -0.1) is 11.3 Å². The zero-order chi connectivity index (χ0) is 13.4. The van der Waals surface area contributed by atoms with Gasteiger partial charge in [-0.05, 0) is 35.0 Å². The number of hydrogen-bond acceptors (Lipinski definition) is 3. The van der Waals surface area contributed by atoms with Crippen LogP contribution in [0.1, 0.15) is 15.4 Å². The summed E-state index contributed by atoms with van der Waals surface area (Å²) in [7, 11) is 0. The van der Waals surface area contributed by atoms with Gasteiger partial charge in [0.1, 0.15) is 5.69 Å². The van der Waals surface area contributed by atoms with Gasteiger partial charge in [0.05, 0.1) is 5.69 Å². The molecule has 2 heterocycles. The Labute approximate surface area is 122 Å². The van der Waals surface area contributed by atoms with Crippen molar-refractivity contribution in [3.8, 4) is 0 Å². The molecule has 0 aliphatic carbocycles. The fourth-order valence-corrected chi connectivity index (χ4v) is 2.96. The number of para-hydroxylation sites is 1. The highest BCUT2D eigenvalue weighted by Crippen LogP contribution is 2.22. The number of nitrogens with one attached hydrogen (secondary N) is 1. The van der Waals surface area contributed by atoms with Crippen molar-refractivity contribution >= 4 is 43.8 Å². The van der Waals surface area contributed by atoms with E-state index in [0.29, 0.717) is 5.69 Å². The van der Waals surface area contributed by atoms with E-state index in [1.807, 2.05) is 41.8 Å². The smallest absolute Gasteiger partial charge is 0.275 e. The summed E-state index contributed by atoms with van der Waals surface area (Å²) in [6.07, 6.45) is 3.70. The average molecular weight is 336 g/mol. The Morgan fingerprint density at radius 3 is 2.89 bits per heavy atom. The van der Waals surface area contributed by atoms with Crippen molar-refractivity contribution in [1.29, 1.82) is 0 Å². The van der Waals surface area contributed by atoms with E-state index >= 15 is 0 Å². The quantitative estimate of drug-likeness (QED) is 0.775. The topological polar surface area (TPSA) is 46.4 Å². The number of nitrogens with zero attached hydrogens (tertiary/aromatic N) is 2. The Morgan fingerprint density at radius 1 is 1.37 bits per heavy atom. The standard InChI is InChI=1S/C13H10BrN3OS/c1-8-6-17-7-11(16-13(17)19-8)12(18)15-10-5-3-2-4-9(10)14/h2-7H,1H3,(H,15,18). The molecule has 0 unspecified atom stereocenters. The first-order chi connectivity index (χ1) is 9.13. The van der Waals surface area contributed by atoms with Crippen LogP contribution in [0.5, 0.6) is 0 Å². The van der Waals surface area contributed by atoms with Gasteiger partial charge in [0.25, 0.3) is 5.91 Å². The number of carbonyl (C=O) groups excluding carboxylic acids is 1.